The Kier molecular flexibility index (Phi) is 6.38. The van der Waals surface area contributed by atoms with Crippen molar-refractivity contribution in [3.8, 4) is 0 Å². The zero-order valence-electron chi connectivity index (χ0n) is 9.68. The van der Waals surface area contributed by atoms with E-state index in [0.717, 1.165) is 0 Å². The van der Waals surface area contributed by atoms with Crippen LogP contribution in [0, 0.1) is 0 Å². The lowest BCUT2D eigenvalue weighted by atomic mass is 10.4. The van der Waals surface area contributed by atoms with Gasteiger partial charge in [0.05, 0.1) is 32.2 Å². The van der Waals surface area contributed by atoms with Crippen LogP contribution in [0.5, 0.6) is 0 Å². The number of hydrogen-bond donors (Lipinski definition) is 2. The fourth-order valence-corrected chi connectivity index (χ4v) is 1.15. The number of nitrogens with one attached hydrogen (secondary N) is 1. The first-order valence-electron chi connectivity index (χ1n) is 5.16. The first-order chi connectivity index (χ1) is 8.24. The Labute approximate surface area is 106 Å². The minimum Gasteiger partial charge on any atom is -0.388 e. The van der Waals surface area contributed by atoms with Gasteiger partial charge in [-0.2, -0.15) is 0 Å². The fraction of sp³-hybridized carbons (Fsp3) is 0.500. The number of ether oxygens (including phenoxy) is 2. The van der Waals surface area contributed by atoms with Crippen LogP contribution >= 0.6 is 12.2 Å². The highest BCUT2D eigenvalue weighted by Crippen LogP contribution is 2.00. The quantitative estimate of drug-likeness (QED) is 0.507. The minimum atomic E-state index is 0.243. The van der Waals surface area contributed by atoms with Crippen LogP contribution in [0.15, 0.2) is 12.4 Å². The van der Waals surface area contributed by atoms with Crippen molar-refractivity contribution in [3.05, 3.63) is 18.1 Å². The van der Waals surface area contributed by atoms with Gasteiger partial charge in [0, 0.05) is 13.7 Å². The average Bonchev–Trinajstić information content (AvgIpc) is 2.34. The van der Waals surface area contributed by atoms with Gasteiger partial charge in [-0.1, -0.05) is 12.2 Å². The van der Waals surface area contributed by atoms with Crippen LogP contribution in [-0.2, 0) is 9.47 Å². The maximum Gasteiger partial charge on any atom is 0.144 e. The molecule has 1 aromatic rings. The molecule has 3 N–H and O–H groups in total. The van der Waals surface area contributed by atoms with Crippen LogP contribution in [-0.4, -0.2) is 48.4 Å². The number of anilines is 1. The molecule has 0 aromatic carbocycles. The number of nitrogens with zero attached hydrogens (tertiary/aromatic N) is 2. The van der Waals surface area contributed by atoms with Gasteiger partial charge < -0.3 is 20.5 Å². The summed E-state index contributed by atoms with van der Waals surface area (Å²) in [5, 5.41) is 3.06. The van der Waals surface area contributed by atoms with Crippen molar-refractivity contribution in [2.24, 2.45) is 5.73 Å². The van der Waals surface area contributed by atoms with Crippen LogP contribution in [0.25, 0.3) is 0 Å². The predicted molar refractivity (Wildman–Crippen MR) is 69.1 cm³/mol. The molecule has 94 valence electrons. The smallest absolute Gasteiger partial charge is 0.144 e. The molecule has 1 heterocycles. The zero-order valence-corrected chi connectivity index (χ0v) is 10.5. The van der Waals surface area contributed by atoms with Crippen molar-refractivity contribution in [1.29, 1.82) is 0 Å². The molecule has 1 aromatic heterocycles. The van der Waals surface area contributed by atoms with E-state index < -0.39 is 0 Å². The highest BCUT2D eigenvalue weighted by atomic mass is 32.1. The molecule has 1 rings (SSSR count). The van der Waals surface area contributed by atoms with Crippen LogP contribution < -0.4 is 11.1 Å². The van der Waals surface area contributed by atoms with Crippen molar-refractivity contribution in [2.75, 3.05) is 38.8 Å². The Morgan fingerprint density at radius 3 is 2.76 bits per heavy atom. The summed E-state index contributed by atoms with van der Waals surface area (Å²) >= 11 is 4.78. The van der Waals surface area contributed by atoms with Gasteiger partial charge in [-0.15, -0.1) is 0 Å². The van der Waals surface area contributed by atoms with Gasteiger partial charge in [0.25, 0.3) is 0 Å². The lowest BCUT2D eigenvalue weighted by Crippen LogP contribution is -2.15. The Morgan fingerprint density at radius 1 is 1.35 bits per heavy atom. The van der Waals surface area contributed by atoms with Crippen molar-refractivity contribution < 1.29 is 9.47 Å². The van der Waals surface area contributed by atoms with E-state index >= 15 is 0 Å². The molecular formula is C10H16N4O2S. The summed E-state index contributed by atoms with van der Waals surface area (Å²) in [6.45, 7) is 2.43. The van der Waals surface area contributed by atoms with Gasteiger partial charge in [-0.05, 0) is 0 Å². The molecular weight excluding hydrogens is 240 g/mol. The van der Waals surface area contributed by atoms with Crippen LogP contribution in [0.4, 0.5) is 5.82 Å². The molecule has 7 heteroatoms. The molecule has 0 aliphatic rings. The first kappa shape index (κ1) is 13.8. The third-order valence-corrected chi connectivity index (χ3v) is 2.10. The summed E-state index contributed by atoms with van der Waals surface area (Å²) in [4.78, 5) is 8.41. The molecule has 0 bridgehead atoms. The Hall–Kier alpha value is -1.31. The molecule has 0 fully saturated rings. The second-order valence-electron chi connectivity index (χ2n) is 3.18. The molecule has 17 heavy (non-hydrogen) atoms. The van der Waals surface area contributed by atoms with E-state index in [0.29, 0.717) is 37.9 Å². The monoisotopic (exact) mass is 256 g/mol. The lowest BCUT2D eigenvalue weighted by molar-refractivity contribution is 0.0759. The van der Waals surface area contributed by atoms with E-state index in [9.17, 15) is 0 Å². The van der Waals surface area contributed by atoms with Gasteiger partial charge in [0.2, 0.25) is 0 Å². The van der Waals surface area contributed by atoms with E-state index in [4.69, 9.17) is 27.4 Å². The molecule has 0 spiro atoms. The van der Waals surface area contributed by atoms with Crippen molar-refractivity contribution >= 4 is 23.0 Å². The maximum absolute atomic E-state index is 5.41. The van der Waals surface area contributed by atoms with E-state index in [1.807, 2.05) is 0 Å². The standard InChI is InChI=1S/C10H16N4O2S/c1-15-4-5-16-3-2-12-9-7-13-8(6-14-9)10(11)17/h6-7H,2-5H2,1H3,(H2,11,17)(H,12,14). The summed E-state index contributed by atoms with van der Waals surface area (Å²) < 4.78 is 10.1. The van der Waals surface area contributed by atoms with E-state index in [1.54, 1.807) is 13.3 Å². The largest absolute Gasteiger partial charge is 0.388 e. The number of nitrogens with two attached hydrogens (primary N) is 1. The van der Waals surface area contributed by atoms with Crippen LogP contribution in [0.3, 0.4) is 0 Å². The average molecular weight is 256 g/mol. The van der Waals surface area contributed by atoms with Gasteiger partial charge in [-0.3, -0.25) is 0 Å². The normalized spacial score (nSPS) is 10.2. The molecule has 0 saturated heterocycles. The molecule has 6 nitrogen and oxygen atoms in total. The predicted octanol–water partition coefficient (Wildman–Crippen LogP) is 0.186. The Bertz CT molecular complexity index is 345. The van der Waals surface area contributed by atoms with E-state index in [-0.39, 0.29) is 4.99 Å². The number of aromatic nitrogens is 2. The van der Waals surface area contributed by atoms with Gasteiger partial charge in [-0.25, -0.2) is 9.97 Å². The number of hydrogen-bond acceptors (Lipinski definition) is 6. The molecule has 0 radical (unpaired) electrons. The molecule has 0 aliphatic carbocycles. The van der Waals surface area contributed by atoms with Crippen LogP contribution in [0.2, 0.25) is 0 Å². The summed E-state index contributed by atoms with van der Waals surface area (Å²) in [6.07, 6.45) is 3.13. The molecule has 0 aliphatic heterocycles. The molecule has 0 unspecified atom stereocenters. The summed E-state index contributed by atoms with van der Waals surface area (Å²) in [5.41, 5.74) is 5.92. The van der Waals surface area contributed by atoms with E-state index in [2.05, 4.69) is 15.3 Å². The van der Waals surface area contributed by atoms with Crippen LogP contribution in [0.1, 0.15) is 5.69 Å². The summed E-state index contributed by atoms with van der Waals surface area (Å²) in [5.74, 6) is 0.667. The molecule has 0 atom stereocenters. The lowest BCUT2D eigenvalue weighted by Gasteiger charge is -2.06. The zero-order chi connectivity index (χ0) is 12.5. The molecule has 0 saturated carbocycles. The Morgan fingerprint density at radius 2 is 2.18 bits per heavy atom. The van der Waals surface area contributed by atoms with Crippen molar-refractivity contribution in [3.63, 3.8) is 0 Å². The minimum absolute atomic E-state index is 0.243. The van der Waals surface area contributed by atoms with Gasteiger partial charge in [0.1, 0.15) is 16.5 Å². The van der Waals surface area contributed by atoms with Crippen molar-refractivity contribution in [1.82, 2.24) is 9.97 Å². The summed E-state index contributed by atoms with van der Waals surface area (Å²) in [6, 6.07) is 0. The van der Waals surface area contributed by atoms with Gasteiger partial charge >= 0.3 is 0 Å². The second-order valence-corrected chi connectivity index (χ2v) is 3.62. The molecule has 0 amide bonds. The highest BCUT2D eigenvalue weighted by molar-refractivity contribution is 7.80. The third kappa shape index (κ3) is 5.53. The SMILES string of the molecule is COCCOCCNc1cnc(C(N)=S)cn1. The van der Waals surface area contributed by atoms with Crippen molar-refractivity contribution in [2.45, 2.75) is 0 Å². The van der Waals surface area contributed by atoms with E-state index in [1.165, 1.54) is 6.20 Å². The Balaban J connectivity index is 2.21. The number of methoxy groups -OCH3 is 1. The number of thiocarbonyl (C=S) groups is 1. The maximum atomic E-state index is 5.41. The topological polar surface area (TPSA) is 82.3 Å². The fourth-order valence-electron chi connectivity index (χ4n) is 1.04. The van der Waals surface area contributed by atoms with Gasteiger partial charge in [0.15, 0.2) is 0 Å². The third-order valence-electron chi connectivity index (χ3n) is 1.89. The first-order valence-corrected chi connectivity index (χ1v) is 5.57. The number of rotatable bonds is 8. The summed E-state index contributed by atoms with van der Waals surface area (Å²) in [7, 11) is 1.64. The highest BCUT2D eigenvalue weighted by Gasteiger charge is 1.99. The second kappa shape index (κ2) is 7.88.